The Hall–Kier alpha value is -3.68. The van der Waals surface area contributed by atoms with Crippen molar-refractivity contribution in [2.75, 3.05) is 18.5 Å². The monoisotopic (exact) mass is 408 g/mol. The fourth-order valence-corrected chi connectivity index (χ4v) is 3.25. The average molecular weight is 408 g/mol. The average Bonchev–Trinajstić information content (AvgIpc) is 3.14. The highest BCUT2D eigenvalue weighted by atomic mass is 19.1. The summed E-state index contributed by atoms with van der Waals surface area (Å²) >= 11 is 0. The Morgan fingerprint density at radius 2 is 1.83 bits per heavy atom. The summed E-state index contributed by atoms with van der Waals surface area (Å²) < 4.78 is 20.4. The van der Waals surface area contributed by atoms with Gasteiger partial charge in [-0.3, -0.25) is 14.2 Å². The number of aromatic nitrogens is 2. The zero-order chi connectivity index (χ0) is 21.1. The number of fused-ring (bicyclic) bond motifs is 1. The normalized spacial score (nSPS) is 12.5. The second-order valence-electron chi connectivity index (χ2n) is 7.05. The molecule has 0 unspecified atom stereocenters. The number of anilines is 1. The zero-order valence-corrected chi connectivity index (χ0v) is 16.5. The van der Waals surface area contributed by atoms with Gasteiger partial charge in [0.1, 0.15) is 12.4 Å². The highest BCUT2D eigenvalue weighted by Crippen LogP contribution is 2.21. The molecule has 0 radical (unpaired) electrons. The van der Waals surface area contributed by atoms with E-state index in [0.717, 1.165) is 11.1 Å². The number of benzene rings is 2. The molecule has 7 nitrogen and oxygen atoms in total. The summed E-state index contributed by atoms with van der Waals surface area (Å²) in [6.07, 6.45) is 0. The number of rotatable bonds is 6. The number of hydrogen-bond donors (Lipinski definition) is 1. The number of hydrogen-bond acceptors (Lipinski definition) is 5. The second kappa shape index (κ2) is 8.36. The lowest BCUT2D eigenvalue weighted by Crippen LogP contribution is -2.31. The zero-order valence-electron chi connectivity index (χ0n) is 16.5. The molecule has 0 spiro atoms. The third-order valence-electron chi connectivity index (χ3n) is 4.92. The van der Waals surface area contributed by atoms with Gasteiger partial charge in [-0.25, -0.2) is 9.37 Å². The van der Waals surface area contributed by atoms with Gasteiger partial charge in [-0.15, -0.1) is 0 Å². The maximum Gasteiger partial charge on any atom is 0.298 e. The number of nitrogens with one attached hydrogen (secondary N) is 1. The van der Waals surface area contributed by atoms with Gasteiger partial charge in [0.2, 0.25) is 11.7 Å². The van der Waals surface area contributed by atoms with E-state index in [2.05, 4.69) is 10.3 Å². The summed E-state index contributed by atoms with van der Waals surface area (Å²) in [5.41, 5.74) is 1.16. The first-order valence-electron chi connectivity index (χ1n) is 9.58. The first-order chi connectivity index (χ1) is 14.5. The molecule has 3 aromatic rings. The van der Waals surface area contributed by atoms with Crippen molar-refractivity contribution in [3.05, 3.63) is 87.6 Å². The fraction of sp³-hybridized carbons (Fsp3) is 0.227. The van der Waals surface area contributed by atoms with Crippen LogP contribution in [-0.2, 0) is 19.7 Å². The van der Waals surface area contributed by atoms with Crippen LogP contribution in [0.15, 0.2) is 59.4 Å². The van der Waals surface area contributed by atoms with Crippen molar-refractivity contribution < 1.29 is 13.9 Å². The van der Waals surface area contributed by atoms with Gasteiger partial charge in [-0.1, -0.05) is 42.5 Å². The van der Waals surface area contributed by atoms with Gasteiger partial charge >= 0.3 is 0 Å². The van der Waals surface area contributed by atoms with Gasteiger partial charge in [-0.2, -0.15) is 0 Å². The Labute approximate surface area is 172 Å². The van der Waals surface area contributed by atoms with E-state index >= 15 is 0 Å². The second-order valence-corrected chi connectivity index (χ2v) is 7.05. The van der Waals surface area contributed by atoms with Crippen molar-refractivity contribution in [3.8, 4) is 5.75 Å². The van der Waals surface area contributed by atoms with E-state index in [9.17, 15) is 14.0 Å². The SMILES string of the molecule is CN1CCn2c1nc(C(=O)NCc1ccc(F)cc1)c(OCc1ccccc1)c2=O. The first-order valence-corrected chi connectivity index (χ1v) is 9.58. The van der Waals surface area contributed by atoms with Crippen LogP contribution in [0.25, 0.3) is 0 Å². The van der Waals surface area contributed by atoms with Gasteiger partial charge in [0.15, 0.2) is 5.69 Å². The van der Waals surface area contributed by atoms with Crippen LogP contribution in [0.1, 0.15) is 21.6 Å². The van der Waals surface area contributed by atoms with Gasteiger partial charge in [0.25, 0.3) is 11.5 Å². The number of ether oxygens (including phenoxy) is 1. The number of halogens is 1. The van der Waals surface area contributed by atoms with Crippen molar-refractivity contribution in [3.63, 3.8) is 0 Å². The largest absolute Gasteiger partial charge is 0.481 e. The predicted molar refractivity (Wildman–Crippen MR) is 110 cm³/mol. The molecule has 4 rings (SSSR count). The maximum atomic E-state index is 13.1. The van der Waals surface area contributed by atoms with Crippen molar-refractivity contribution in [1.29, 1.82) is 0 Å². The highest BCUT2D eigenvalue weighted by molar-refractivity contribution is 5.95. The van der Waals surface area contributed by atoms with E-state index in [-0.39, 0.29) is 36.0 Å². The van der Waals surface area contributed by atoms with Crippen LogP contribution in [0.2, 0.25) is 0 Å². The molecule has 2 heterocycles. The molecule has 0 aliphatic carbocycles. The lowest BCUT2D eigenvalue weighted by molar-refractivity contribution is 0.0940. The molecule has 0 fully saturated rings. The van der Waals surface area contributed by atoms with Crippen molar-refractivity contribution in [2.45, 2.75) is 19.7 Å². The Morgan fingerprint density at radius 1 is 1.10 bits per heavy atom. The molecule has 0 bridgehead atoms. The Kier molecular flexibility index (Phi) is 5.47. The molecule has 0 atom stereocenters. The summed E-state index contributed by atoms with van der Waals surface area (Å²) in [4.78, 5) is 32.1. The predicted octanol–water partition coefficient (Wildman–Crippen LogP) is 2.34. The van der Waals surface area contributed by atoms with Crippen LogP contribution in [0.4, 0.5) is 10.3 Å². The number of carbonyl (C=O) groups is 1. The molecule has 8 heteroatoms. The van der Waals surface area contributed by atoms with Crippen LogP contribution < -0.4 is 20.5 Å². The van der Waals surface area contributed by atoms with Crippen molar-refractivity contribution >= 4 is 11.9 Å². The first kappa shape index (κ1) is 19.6. The van der Waals surface area contributed by atoms with Crippen LogP contribution in [0, 0.1) is 5.82 Å². The van der Waals surface area contributed by atoms with Gasteiger partial charge in [0.05, 0.1) is 0 Å². The minimum absolute atomic E-state index is 0.0574. The molecule has 30 heavy (non-hydrogen) atoms. The summed E-state index contributed by atoms with van der Waals surface area (Å²) in [5, 5.41) is 2.74. The van der Waals surface area contributed by atoms with Crippen LogP contribution in [0.5, 0.6) is 5.75 Å². The molecule has 1 N–H and O–H groups in total. The molecule has 1 aliphatic rings. The number of amides is 1. The third-order valence-corrected chi connectivity index (χ3v) is 4.92. The molecule has 2 aromatic carbocycles. The summed E-state index contributed by atoms with van der Waals surface area (Å²) in [6, 6.07) is 15.2. The number of nitrogens with zero attached hydrogens (tertiary/aromatic N) is 3. The maximum absolute atomic E-state index is 13.1. The number of carbonyl (C=O) groups excluding carboxylic acids is 1. The Balaban J connectivity index is 1.61. The minimum atomic E-state index is -0.525. The van der Waals surface area contributed by atoms with Crippen LogP contribution >= 0.6 is 0 Å². The molecule has 1 amide bonds. The molecule has 0 saturated carbocycles. The molecule has 0 saturated heterocycles. The van der Waals surface area contributed by atoms with Crippen molar-refractivity contribution in [1.82, 2.24) is 14.9 Å². The van der Waals surface area contributed by atoms with E-state index in [1.165, 1.54) is 16.7 Å². The smallest absolute Gasteiger partial charge is 0.298 e. The van der Waals surface area contributed by atoms with Crippen LogP contribution in [-0.4, -0.2) is 29.1 Å². The molecule has 1 aliphatic heterocycles. The van der Waals surface area contributed by atoms with E-state index < -0.39 is 5.91 Å². The standard InChI is InChI=1S/C22H21FN4O3/c1-26-11-12-27-21(29)19(30-14-16-5-3-2-4-6-16)18(25-22(26)27)20(28)24-13-15-7-9-17(23)10-8-15/h2-10H,11-14H2,1H3,(H,24,28). The molecule has 1 aromatic heterocycles. The lowest BCUT2D eigenvalue weighted by atomic mass is 10.2. The molecular formula is C22H21FN4O3. The minimum Gasteiger partial charge on any atom is -0.481 e. The number of likely N-dealkylation sites (N-methyl/N-ethyl adjacent to an activating group) is 1. The van der Waals surface area contributed by atoms with E-state index in [0.29, 0.717) is 19.0 Å². The molecular weight excluding hydrogens is 387 g/mol. The Bertz CT molecular complexity index is 1110. The van der Waals surface area contributed by atoms with Gasteiger partial charge in [-0.05, 0) is 23.3 Å². The Morgan fingerprint density at radius 3 is 2.57 bits per heavy atom. The van der Waals surface area contributed by atoms with E-state index in [1.807, 2.05) is 42.3 Å². The third kappa shape index (κ3) is 4.03. The lowest BCUT2D eigenvalue weighted by Gasteiger charge is -2.15. The summed E-state index contributed by atoms with van der Waals surface area (Å²) in [5.74, 6) is -0.519. The van der Waals surface area contributed by atoms with Crippen molar-refractivity contribution in [2.24, 2.45) is 0 Å². The van der Waals surface area contributed by atoms with E-state index in [4.69, 9.17) is 4.74 Å². The van der Waals surface area contributed by atoms with Gasteiger partial charge < -0.3 is 15.0 Å². The highest BCUT2D eigenvalue weighted by Gasteiger charge is 2.27. The summed E-state index contributed by atoms with van der Waals surface area (Å²) in [7, 11) is 1.82. The van der Waals surface area contributed by atoms with E-state index in [1.54, 1.807) is 12.1 Å². The summed E-state index contributed by atoms with van der Waals surface area (Å²) in [6.45, 7) is 1.43. The van der Waals surface area contributed by atoms with Gasteiger partial charge in [0, 0.05) is 26.7 Å². The topological polar surface area (TPSA) is 76.5 Å². The molecule has 154 valence electrons. The fourth-order valence-electron chi connectivity index (χ4n) is 3.25. The quantitative estimate of drug-likeness (QED) is 0.678. The van der Waals surface area contributed by atoms with Crippen LogP contribution in [0.3, 0.4) is 0 Å².